The number of hydrogen-bond donors (Lipinski definition) is 2. The van der Waals surface area contributed by atoms with Crippen molar-refractivity contribution in [1.82, 2.24) is 9.88 Å². The summed E-state index contributed by atoms with van der Waals surface area (Å²) in [6.07, 6.45) is 3.63. The van der Waals surface area contributed by atoms with Crippen LogP contribution in [0.2, 0.25) is 0 Å². The maximum absolute atomic E-state index is 12.4. The van der Waals surface area contributed by atoms with Gasteiger partial charge in [0.1, 0.15) is 5.82 Å². The van der Waals surface area contributed by atoms with E-state index in [-0.39, 0.29) is 17.7 Å². The van der Waals surface area contributed by atoms with Crippen LogP contribution in [0.4, 0.5) is 11.5 Å². The summed E-state index contributed by atoms with van der Waals surface area (Å²) < 4.78 is 0. The van der Waals surface area contributed by atoms with Gasteiger partial charge in [-0.05, 0) is 74.8 Å². The van der Waals surface area contributed by atoms with Crippen molar-refractivity contribution in [1.29, 1.82) is 5.26 Å². The monoisotopic (exact) mass is 391 g/mol. The van der Waals surface area contributed by atoms with E-state index in [1.165, 1.54) is 0 Å². The van der Waals surface area contributed by atoms with Gasteiger partial charge in [-0.3, -0.25) is 9.59 Å². The second kappa shape index (κ2) is 9.80. The molecule has 0 spiro atoms. The number of anilines is 2. The highest BCUT2D eigenvalue weighted by atomic mass is 16.2. The molecule has 0 aliphatic carbocycles. The highest BCUT2D eigenvalue weighted by Gasteiger charge is 2.25. The van der Waals surface area contributed by atoms with Crippen molar-refractivity contribution in [3.8, 4) is 6.07 Å². The fourth-order valence-electron chi connectivity index (χ4n) is 3.36. The molecule has 0 atom stereocenters. The number of piperidine rings is 1. The van der Waals surface area contributed by atoms with Crippen molar-refractivity contribution in [2.24, 2.45) is 5.92 Å². The number of nitrogens with one attached hydrogen (secondary N) is 2. The van der Waals surface area contributed by atoms with E-state index in [1.807, 2.05) is 19.1 Å². The van der Waals surface area contributed by atoms with Crippen LogP contribution in [0.3, 0.4) is 0 Å². The Hall–Kier alpha value is -3.24. The van der Waals surface area contributed by atoms with Crippen molar-refractivity contribution in [3.05, 3.63) is 53.7 Å². The quantitative estimate of drug-likeness (QED) is 0.789. The molecule has 7 nitrogen and oxygen atoms in total. The van der Waals surface area contributed by atoms with Gasteiger partial charge in [0.25, 0.3) is 0 Å². The molecular weight excluding hydrogens is 366 g/mol. The number of hydrogen-bond acceptors (Lipinski definition) is 5. The van der Waals surface area contributed by atoms with Crippen LogP contribution in [0.5, 0.6) is 0 Å². The van der Waals surface area contributed by atoms with Gasteiger partial charge in [-0.1, -0.05) is 0 Å². The SMILES string of the molecule is Cc1ccnc(NC(=O)C2CCN(CCC(=O)Nc3ccc(C#N)cc3)CC2)c1. The predicted molar refractivity (Wildman–Crippen MR) is 111 cm³/mol. The van der Waals surface area contributed by atoms with Crippen LogP contribution in [0.1, 0.15) is 30.4 Å². The van der Waals surface area contributed by atoms with Gasteiger partial charge >= 0.3 is 0 Å². The molecule has 1 fully saturated rings. The third-order valence-corrected chi connectivity index (χ3v) is 5.08. The molecule has 1 aromatic carbocycles. The highest BCUT2D eigenvalue weighted by molar-refractivity contribution is 5.92. The maximum Gasteiger partial charge on any atom is 0.228 e. The Bertz CT molecular complexity index is 896. The summed E-state index contributed by atoms with van der Waals surface area (Å²) in [5.41, 5.74) is 2.31. The van der Waals surface area contributed by atoms with Gasteiger partial charge in [0.15, 0.2) is 0 Å². The standard InChI is InChI=1S/C22H25N5O2/c1-16-6-10-24-20(14-16)26-22(29)18-7-11-27(12-8-18)13-9-21(28)25-19-4-2-17(15-23)3-5-19/h2-6,10,14,18H,7-9,11-13H2,1H3,(H,25,28)(H,24,26,29). The predicted octanol–water partition coefficient (Wildman–Crippen LogP) is 2.94. The summed E-state index contributed by atoms with van der Waals surface area (Å²) in [6.45, 7) is 4.22. The lowest BCUT2D eigenvalue weighted by Gasteiger charge is -2.31. The van der Waals surface area contributed by atoms with E-state index in [4.69, 9.17) is 5.26 Å². The van der Waals surface area contributed by atoms with Crippen molar-refractivity contribution in [3.63, 3.8) is 0 Å². The van der Waals surface area contributed by atoms with Crippen LogP contribution in [0, 0.1) is 24.2 Å². The number of aromatic nitrogens is 1. The minimum Gasteiger partial charge on any atom is -0.326 e. The van der Waals surface area contributed by atoms with Crippen LogP contribution in [0.15, 0.2) is 42.6 Å². The summed E-state index contributed by atoms with van der Waals surface area (Å²) in [7, 11) is 0. The van der Waals surface area contributed by atoms with Crippen molar-refractivity contribution < 1.29 is 9.59 Å². The first-order chi connectivity index (χ1) is 14.0. The highest BCUT2D eigenvalue weighted by Crippen LogP contribution is 2.19. The number of carbonyl (C=O) groups is 2. The zero-order valence-corrected chi connectivity index (χ0v) is 16.5. The molecule has 2 N–H and O–H groups in total. The van der Waals surface area contributed by atoms with E-state index in [0.717, 1.165) is 31.5 Å². The van der Waals surface area contributed by atoms with E-state index in [0.29, 0.717) is 30.0 Å². The molecule has 2 amide bonds. The summed E-state index contributed by atoms with van der Waals surface area (Å²) in [4.78, 5) is 31.0. The molecule has 7 heteroatoms. The Balaban J connectivity index is 1.38. The lowest BCUT2D eigenvalue weighted by Crippen LogP contribution is -2.39. The average Bonchev–Trinajstić information content (AvgIpc) is 2.73. The number of likely N-dealkylation sites (tertiary alicyclic amines) is 1. The number of carbonyl (C=O) groups excluding carboxylic acids is 2. The normalized spacial score (nSPS) is 14.8. The second-order valence-corrected chi connectivity index (χ2v) is 7.31. The molecule has 29 heavy (non-hydrogen) atoms. The zero-order chi connectivity index (χ0) is 20.6. The van der Waals surface area contributed by atoms with Crippen LogP contribution < -0.4 is 10.6 Å². The van der Waals surface area contributed by atoms with Gasteiger partial charge in [0, 0.05) is 30.8 Å². The average molecular weight is 391 g/mol. The van der Waals surface area contributed by atoms with E-state index < -0.39 is 0 Å². The summed E-state index contributed by atoms with van der Waals surface area (Å²) in [5, 5.41) is 14.6. The van der Waals surface area contributed by atoms with Gasteiger partial charge in [-0.25, -0.2) is 4.98 Å². The van der Waals surface area contributed by atoms with Gasteiger partial charge in [-0.15, -0.1) is 0 Å². The van der Waals surface area contributed by atoms with E-state index >= 15 is 0 Å². The molecule has 0 saturated carbocycles. The Morgan fingerprint density at radius 2 is 1.90 bits per heavy atom. The fraction of sp³-hybridized carbons (Fsp3) is 0.364. The smallest absolute Gasteiger partial charge is 0.228 e. The van der Waals surface area contributed by atoms with Crippen LogP contribution in [-0.2, 0) is 9.59 Å². The number of nitriles is 1. The van der Waals surface area contributed by atoms with Crippen molar-refractivity contribution >= 4 is 23.3 Å². The maximum atomic E-state index is 12.4. The molecule has 150 valence electrons. The molecule has 3 rings (SSSR count). The van der Waals surface area contributed by atoms with Gasteiger partial charge < -0.3 is 15.5 Å². The van der Waals surface area contributed by atoms with Gasteiger partial charge in [0.2, 0.25) is 11.8 Å². The summed E-state index contributed by atoms with van der Waals surface area (Å²) in [6, 6.07) is 12.6. The first-order valence-electron chi connectivity index (χ1n) is 9.79. The molecule has 2 heterocycles. The van der Waals surface area contributed by atoms with Crippen LogP contribution in [0.25, 0.3) is 0 Å². The number of rotatable bonds is 6. The molecule has 1 aliphatic rings. The number of nitrogens with zero attached hydrogens (tertiary/aromatic N) is 3. The Kier molecular flexibility index (Phi) is 6.93. The third kappa shape index (κ3) is 6.13. The second-order valence-electron chi connectivity index (χ2n) is 7.31. The molecule has 2 aromatic rings. The zero-order valence-electron chi connectivity index (χ0n) is 16.5. The largest absolute Gasteiger partial charge is 0.326 e. The number of pyridine rings is 1. The molecular formula is C22H25N5O2. The topological polar surface area (TPSA) is 98.1 Å². The Morgan fingerprint density at radius 3 is 2.55 bits per heavy atom. The number of amides is 2. The lowest BCUT2D eigenvalue weighted by atomic mass is 9.96. The molecule has 0 bridgehead atoms. The number of aryl methyl sites for hydroxylation is 1. The Morgan fingerprint density at radius 1 is 1.17 bits per heavy atom. The minimum atomic E-state index is -0.0555. The third-order valence-electron chi connectivity index (χ3n) is 5.08. The molecule has 0 unspecified atom stereocenters. The van der Waals surface area contributed by atoms with Gasteiger partial charge in [-0.2, -0.15) is 5.26 Å². The molecule has 0 radical (unpaired) electrons. The summed E-state index contributed by atoms with van der Waals surface area (Å²) >= 11 is 0. The first kappa shape index (κ1) is 20.5. The van der Waals surface area contributed by atoms with E-state index in [9.17, 15) is 9.59 Å². The minimum absolute atomic E-state index is 0.0151. The Labute approximate surface area is 170 Å². The van der Waals surface area contributed by atoms with Crippen LogP contribution >= 0.6 is 0 Å². The van der Waals surface area contributed by atoms with Crippen LogP contribution in [-0.4, -0.2) is 41.3 Å². The molecule has 1 aliphatic heterocycles. The lowest BCUT2D eigenvalue weighted by molar-refractivity contribution is -0.121. The fourth-order valence-corrected chi connectivity index (χ4v) is 3.36. The van der Waals surface area contributed by atoms with Crippen molar-refractivity contribution in [2.75, 3.05) is 30.3 Å². The molecule has 1 aromatic heterocycles. The van der Waals surface area contributed by atoms with E-state index in [2.05, 4.69) is 26.6 Å². The van der Waals surface area contributed by atoms with E-state index in [1.54, 1.807) is 30.5 Å². The first-order valence-corrected chi connectivity index (χ1v) is 9.79. The number of benzene rings is 1. The summed E-state index contributed by atoms with van der Waals surface area (Å²) in [5.74, 6) is 0.527. The molecule has 1 saturated heterocycles. The van der Waals surface area contributed by atoms with Gasteiger partial charge in [0.05, 0.1) is 11.6 Å². The van der Waals surface area contributed by atoms with Crippen molar-refractivity contribution in [2.45, 2.75) is 26.2 Å².